The van der Waals surface area contributed by atoms with E-state index in [0.717, 1.165) is 30.4 Å². The van der Waals surface area contributed by atoms with Crippen molar-refractivity contribution < 1.29 is 28.7 Å². The van der Waals surface area contributed by atoms with Crippen LogP contribution in [0.1, 0.15) is 90.0 Å². The lowest BCUT2D eigenvalue weighted by atomic mass is 9.86. The molecule has 0 saturated heterocycles. The van der Waals surface area contributed by atoms with Crippen molar-refractivity contribution in [3.05, 3.63) is 34.9 Å². The summed E-state index contributed by atoms with van der Waals surface area (Å²) in [7, 11) is 0. The van der Waals surface area contributed by atoms with Crippen molar-refractivity contribution in [1.29, 1.82) is 0 Å². The van der Waals surface area contributed by atoms with Gasteiger partial charge in [0, 0.05) is 12.6 Å². The summed E-state index contributed by atoms with van der Waals surface area (Å²) < 4.78 is 10.4. The minimum Gasteiger partial charge on any atom is -0.466 e. The number of esters is 1. The van der Waals surface area contributed by atoms with E-state index in [1.807, 2.05) is 45.9 Å². The maximum Gasteiger partial charge on any atom is 0.408 e. The summed E-state index contributed by atoms with van der Waals surface area (Å²) in [5.41, 5.74) is 1.92. The van der Waals surface area contributed by atoms with Gasteiger partial charge in [-0.3, -0.25) is 14.4 Å². The zero-order chi connectivity index (χ0) is 28.6. The van der Waals surface area contributed by atoms with E-state index in [4.69, 9.17) is 9.47 Å². The number of benzene rings is 1. The van der Waals surface area contributed by atoms with E-state index in [2.05, 4.69) is 10.6 Å². The number of rotatable bonds is 11. The molecule has 2 N–H and O–H groups in total. The summed E-state index contributed by atoms with van der Waals surface area (Å²) in [5, 5.41) is 5.60. The molecule has 2 unspecified atom stereocenters. The first-order valence-corrected chi connectivity index (χ1v) is 13.6. The Hall–Kier alpha value is -3.10. The Balaban J connectivity index is 2.45. The van der Waals surface area contributed by atoms with E-state index in [0.29, 0.717) is 5.56 Å². The summed E-state index contributed by atoms with van der Waals surface area (Å²) >= 11 is 0. The molecule has 0 bridgehead atoms. The quantitative estimate of drug-likeness (QED) is 0.411. The minimum absolute atomic E-state index is 0.0331. The molecule has 9 nitrogen and oxygen atoms in total. The van der Waals surface area contributed by atoms with E-state index in [1.165, 1.54) is 0 Å². The largest absolute Gasteiger partial charge is 0.466 e. The SMILES string of the molecule is CCOC(=O)CCNC(=O)C(c1ccc(C)cc1C)N(C(=O)C(NC(=O)OC(C)(C)C)C(C)C)C1CCC1. The van der Waals surface area contributed by atoms with Crippen molar-refractivity contribution in [2.75, 3.05) is 13.2 Å². The molecule has 1 aromatic carbocycles. The van der Waals surface area contributed by atoms with Gasteiger partial charge in [-0.05, 0) is 77.8 Å². The molecule has 3 amide bonds. The van der Waals surface area contributed by atoms with Crippen LogP contribution < -0.4 is 10.6 Å². The Morgan fingerprint density at radius 3 is 2.26 bits per heavy atom. The van der Waals surface area contributed by atoms with E-state index < -0.39 is 29.7 Å². The molecule has 212 valence electrons. The highest BCUT2D eigenvalue weighted by Crippen LogP contribution is 2.35. The molecule has 1 aliphatic rings. The molecule has 0 radical (unpaired) electrons. The van der Waals surface area contributed by atoms with E-state index in [1.54, 1.807) is 32.6 Å². The average molecular weight is 532 g/mol. The van der Waals surface area contributed by atoms with Gasteiger partial charge in [0.05, 0.1) is 13.0 Å². The first-order valence-electron chi connectivity index (χ1n) is 13.6. The fourth-order valence-electron chi connectivity index (χ4n) is 4.46. The third-order valence-corrected chi connectivity index (χ3v) is 6.51. The van der Waals surface area contributed by atoms with Gasteiger partial charge in [0.25, 0.3) is 0 Å². The van der Waals surface area contributed by atoms with Gasteiger partial charge in [-0.2, -0.15) is 0 Å². The molecule has 1 aliphatic carbocycles. The number of hydrogen-bond acceptors (Lipinski definition) is 6. The van der Waals surface area contributed by atoms with Gasteiger partial charge in [0.15, 0.2) is 0 Å². The summed E-state index contributed by atoms with van der Waals surface area (Å²) in [6, 6.07) is 3.83. The second-order valence-electron chi connectivity index (χ2n) is 11.3. The maximum absolute atomic E-state index is 14.2. The zero-order valence-electron chi connectivity index (χ0n) is 24.2. The van der Waals surface area contributed by atoms with E-state index in [-0.39, 0.29) is 43.3 Å². The molecular weight excluding hydrogens is 486 g/mol. The fourth-order valence-corrected chi connectivity index (χ4v) is 4.46. The van der Waals surface area contributed by atoms with Crippen LogP contribution >= 0.6 is 0 Å². The molecule has 1 aromatic rings. The third-order valence-electron chi connectivity index (χ3n) is 6.51. The van der Waals surface area contributed by atoms with Crippen molar-refractivity contribution in [2.45, 2.75) is 105 Å². The summed E-state index contributed by atoms with van der Waals surface area (Å²) in [4.78, 5) is 54.1. The lowest BCUT2D eigenvalue weighted by Gasteiger charge is -2.44. The number of carbonyl (C=O) groups is 4. The van der Waals surface area contributed by atoms with Crippen LogP contribution in [0.3, 0.4) is 0 Å². The van der Waals surface area contributed by atoms with Crippen LogP contribution in [0, 0.1) is 19.8 Å². The lowest BCUT2D eigenvalue weighted by Crippen LogP contribution is -2.59. The fraction of sp³-hybridized carbons (Fsp3) is 0.655. The van der Waals surface area contributed by atoms with Crippen LogP contribution in [0.4, 0.5) is 4.79 Å². The second kappa shape index (κ2) is 13.6. The van der Waals surface area contributed by atoms with Crippen LogP contribution in [0.25, 0.3) is 0 Å². The van der Waals surface area contributed by atoms with Gasteiger partial charge < -0.3 is 25.0 Å². The third kappa shape index (κ3) is 8.74. The normalized spacial score (nSPS) is 15.2. The molecule has 0 aliphatic heterocycles. The molecular formula is C29H45N3O6. The summed E-state index contributed by atoms with van der Waals surface area (Å²) in [6.45, 7) is 15.0. The minimum atomic E-state index is -0.919. The predicted molar refractivity (Wildman–Crippen MR) is 145 cm³/mol. The first kappa shape index (κ1) is 31.1. The number of alkyl carbamates (subject to hydrolysis) is 1. The molecule has 0 spiro atoms. The summed E-state index contributed by atoms with van der Waals surface area (Å²) in [5.74, 6) is -1.35. The lowest BCUT2D eigenvalue weighted by molar-refractivity contribution is -0.148. The van der Waals surface area contributed by atoms with Crippen LogP contribution in [-0.4, -0.2) is 59.6 Å². The first-order chi connectivity index (χ1) is 17.7. The standard InChI is InChI=1S/C29H45N3O6/c1-9-37-23(33)15-16-30-26(34)25(22-14-13-19(4)17-20(22)5)32(21-11-10-12-21)27(35)24(18(2)3)31-28(36)38-29(6,7)8/h13-14,17-18,21,24-25H,9-12,15-16H2,1-8H3,(H,30,34)(H,31,36). The number of carbonyl (C=O) groups excluding carboxylic acids is 4. The molecule has 1 saturated carbocycles. The number of ether oxygens (including phenoxy) is 2. The van der Waals surface area contributed by atoms with Gasteiger partial charge >= 0.3 is 12.1 Å². The number of hydrogen-bond donors (Lipinski definition) is 2. The van der Waals surface area contributed by atoms with Gasteiger partial charge in [-0.15, -0.1) is 0 Å². The van der Waals surface area contributed by atoms with Crippen LogP contribution in [0.2, 0.25) is 0 Å². The molecule has 38 heavy (non-hydrogen) atoms. The van der Waals surface area contributed by atoms with Crippen molar-refractivity contribution in [2.24, 2.45) is 5.92 Å². The van der Waals surface area contributed by atoms with E-state index >= 15 is 0 Å². The van der Waals surface area contributed by atoms with Gasteiger partial charge in [-0.1, -0.05) is 37.6 Å². The summed E-state index contributed by atoms with van der Waals surface area (Å²) in [6.07, 6.45) is 1.83. The number of aryl methyl sites for hydroxylation is 2. The Morgan fingerprint density at radius 1 is 1.11 bits per heavy atom. The smallest absolute Gasteiger partial charge is 0.408 e. The second-order valence-corrected chi connectivity index (χ2v) is 11.3. The highest BCUT2D eigenvalue weighted by Gasteiger charge is 2.43. The molecule has 2 rings (SSSR count). The predicted octanol–water partition coefficient (Wildman–Crippen LogP) is 4.34. The molecule has 0 aromatic heterocycles. The van der Waals surface area contributed by atoms with Crippen molar-refractivity contribution in [3.63, 3.8) is 0 Å². The van der Waals surface area contributed by atoms with Crippen molar-refractivity contribution >= 4 is 23.9 Å². The van der Waals surface area contributed by atoms with Crippen molar-refractivity contribution in [1.82, 2.24) is 15.5 Å². The van der Waals surface area contributed by atoms with E-state index in [9.17, 15) is 19.2 Å². The average Bonchev–Trinajstić information content (AvgIpc) is 2.75. The molecule has 2 atom stereocenters. The molecule has 0 heterocycles. The van der Waals surface area contributed by atoms with Crippen molar-refractivity contribution in [3.8, 4) is 0 Å². The topological polar surface area (TPSA) is 114 Å². The van der Waals surface area contributed by atoms with Crippen LogP contribution in [-0.2, 0) is 23.9 Å². The van der Waals surface area contributed by atoms with Crippen LogP contribution in [0.15, 0.2) is 18.2 Å². The Labute approximate surface area is 227 Å². The Bertz CT molecular complexity index is 997. The van der Waals surface area contributed by atoms with Gasteiger partial charge in [-0.25, -0.2) is 4.79 Å². The highest BCUT2D eigenvalue weighted by atomic mass is 16.6. The highest BCUT2D eigenvalue weighted by molar-refractivity contribution is 5.93. The zero-order valence-corrected chi connectivity index (χ0v) is 24.2. The number of amides is 3. The Morgan fingerprint density at radius 2 is 1.76 bits per heavy atom. The molecule has 1 fully saturated rings. The van der Waals surface area contributed by atoms with Gasteiger partial charge in [0.2, 0.25) is 11.8 Å². The molecule has 9 heteroatoms. The number of nitrogens with one attached hydrogen (secondary N) is 2. The maximum atomic E-state index is 14.2. The Kier molecular flexibility index (Phi) is 11.2. The van der Waals surface area contributed by atoms with Gasteiger partial charge in [0.1, 0.15) is 17.7 Å². The monoisotopic (exact) mass is 531 g/mol. The van der Waals surface area contributed by atoms with Crippen LogP contribution in [0.5, 0.6) is 0 Å². The number of nitrogens with zero attached hydrogens (tertiary/aromatic N) is 1.